The molecule has 1 atom stereocenters. The lowest BCUT2D eigenvalue weighted by Crippen LogP contribution is -2.38. The molecular formula is C8H17N2O4P. The number of hydrogen-bond donors (Lipinski definition) is 0. The van der Waals surface area contributed by atoms with E-state index in [1.807, 2.05) is 31.3 Å². The van der Waals surface area contributed by atoms with Gasteiger partial charge in [-0.05, 0) is 6.92 Å². The Morgan fingerprint density at radius 2 is 1.93 bits per heavy atom. The highest BCUT2D eigenvalue weighted by molar-refractivity contribution is 7.48. The molecule has 0 N–H and O–H groups in total. The number of phosphoric ester groups is 1. The smallest absolute Gasteiger partial charge is 0.337 e. The first-order chi connectivity index (χ1) is 7.06. The van der Waals surface area contributed by atoms with E-state index in [1.165, 1.54) is 14.2 Å². The highest BCUT2D eigenvalue weighted by atomic mass is 31.2. The van der Waals surface area contributed by atoms with Gasteiger partial charge in [-0.15, -0.1) is 0 Å². The van der Waals surface area contributed by atoms with Gasteiger partial charge in [0.1, 0.15) is 0 Å². The van der Waals surface area contributed by atoms with Crippen LogP contribution in [0.15, 0.2) is 12.4 Å². The number of phosphoric acid groups is 1. The molecule has 1 aliphatic heterocycles. The van der Waals surface area contributed by atoms with E-state index in [2.05, 4.69) is 0 Å². The molecule has 0 saturated heterocycles. The molecule has 0 amide bonds. The molecule has 0 bridgehead atoms. The van der Waals surface area contributed by atoms with Crippen molar-refractivity contribution in [1.82, 2.24) is 9.80 Å². The van der Waals surface area contributed by atoms with E-state index in [0.717, 1.165) is 6.54 Å². The van der Waals surface area contributed by atoms with Crippen molar-refractivity contribution in [2.24, 2.45) is 0 Å². The minimum absolute atomic E-state index is 0.444. The van der Waals surface area contributed by atoms with E-state index in [4.69, 9.17) is 13.6 Å². The molecule has 0 aromatic rings. The van der Waals surface area contributed by atoms with Gasteiger partial charge in [0.25, 0.3) is 0 Å². The van der Waals surface area contributed by atoms with E-state index in [-0.39, 0.29) is 0 Å². The molecule has 1 rings (SSSR count). The lowest BCUT2D eigenvalue weighted by atomic mass is 10.6. The summed E-state index contributed by atoms with van der Waals surface area (Å²) >= 11 is 0. The largest absolute Gasteiger partial charge is 0.477 e. The summed E-state index contributed by atoms with van der Waals surface area (Å²) in [5, 5.41) is 0. The Bertz CT molecular complexity index is 276. The molecule has 0 aliphatic carbocycles. The fraction of sp³-hybridized carbons (Fsp3) is 0.750. The van der Waals surface area contributed by atoms with Crippen LogP contribution < -0.4 is 0 Å². The molecule has 0 aromatic carbocycles. The number of hydrogen-bond acceptors (Lipinski definition) is 6. The molecule has 88 valence electrons. The monoisotopic (exact) mass is 236 g/mol. The Balaban J connectivity index is 2.68. The minimum atomic E-state index is -3.44. The van der Waals surface area contributed by atoms with Crippen LogP contribution in [0.2, 0.25) is 0 Å². The van der Waals surface area contributed by atoms with Crippen molar-refractivity contribution < 1.29 is 18.1 Å². The Hall–Kier alpha value is -0.550. The topological polar surface area (TPSA) is 51.2 Å². The first-order valence-corrected chi connectivity index (χ1v) is 6.08. The van der Waals surface area contributed by atoms with Crippen LogP contribution in [0.4, 0.5) is 0 Å². The molecule has 1 aliphatic rings. The standard InChI is InChI=1S/C8H17N2O4P/c1-5-10-7-6-9(2)8(10)14-15(11,12-3)13-4/h6-8H,5H2,1-4H3. The Morgan fingerprint density at radius 3 is 2.40 bits per heavy atom. The van der Waals surface area contributed by atoms with Gasteiger partial charge in [-0.1, -0.05) is 0 Å². The molecule has 1 heterocycles. The molecule has 0 radical (unpaired) electrons. The first kappa shape index (κ1) is 12.5. The zero-order valence-corrected chi connectivity index (χ0v) is 10.3. The maximum absolute atomic E-state index is 11.8. The predicted octanol–water partition coefficient (Wildman–Crippen LogP) is 1.43. The van der Waals surface area contributed by atoms with E-state index in [9.17, 15) is 4.57 Å². The quantitative estimate of drug-likeness (QED) is 0.673. The summed E-state index contributed by atoms with van der Waals surface area (Å²) in [5.74, 6) is 0. The van der Waals surface area contributed by atoms with E-state index in [1.54, 1.807) is 4.90 Å². The summed E-state index contributed by atoms with van der Waals surface area (Å²) in [6.07, 6.45) is 3.25. The summed E-state index contributed by atoms with van der Waals surface area (Å²) < 4.78 is 26.5. The van der Waals surface area contributed by atoms with Gasteiger partial charge in [0.2, 0.25) is 6.35 Å². The minimum Gasteiger partial charge on any atom is -0.337 e. The number of rotatable bonds is 5. The molecule has 6 nitrogen and oxygen atoms in total. The van der Waals surface area contributed by atoms with Gasteiger partial charge in [0.05, 0.1) is 0 Å². The van der Waals surface area contributed by atoms with Crippen LogP contribution >= 0.6 is 7.82 Å². The van der Waals surface area contributed by atoms with E-state index in [0.29, 0.717) is 0 Å². The second-order valence-electron chi connectivity index (χ2n) is 3.04. The number of nitrogens with zero attached hydrogens (tertiary/aromatic N) is 2. The van der Waals surface area contributed by atoms with Crippen LogP contribution in [-0.4, -0.2) is 44.0 Å². The van der Waals surface area contributed by atoms with E-state index >= 15 is 0 Å². The zero-order chi connectivity index (χ0) is 11.5. The third kappa shape index (κ3) is 2.72. The molecule has 15 heavy (non-hydrogen) atoms. The van der Waals surface area contributed by atoms with Crippen molar-refractivity contribution >= 4 is 7.82 Å². The van der Waals surface area contributed by atoms with Crippen molar-refractivity contribution in [3.63, 3.8) is 0 Å². The SMILES string of the molecule is CCN1C=CN(C)C1OP(=O)(OC)OC. The Labute approximate surface area is 90.0 Å². The molecule has 0 fully saturated rings. The van der Waals surface area contributed by atoms with Gasteiger partial charge in [0, 0.05) is 40.2 Å². The van der Waals surface area contributed by atoms with Crippen molar-refractivity contribution in [2.75, 3.05) is 27.8 Å². The normalized spacial score (nSPS) is 21.5. The predicted molar refractivity (Wildman–Crippen MR) is 55.8 cm³/mol. The second-order valence-corrected chi connectivity index (χ2v) is 4.87. The molecule has 0 saturated carbocycles. The third-order valence-electron chi connectivity index (χ3n) is 2.16. The third-order valence-corrected chi connectivity index (χ3v) is 3.50. The maximum Gasteiger partial charge on any atom is 0.477 e. The van der Waals surface area contributed by atoms with Gasteiger partial charge in [-0.3, -0.25) is 9.05 Å². The highest BCUT2D eigenvalue weighted by Gasteiger charge is 2.34. The highest BCUT2D eigenvalue weighted by Crippen LogP contribution is 2.49. The summed E-state index contributed by atoms with van der Waals surface area (Å²) in [6.45, 7) is 2.73. The lowest BCUT2D eigenvalue weighted by molar-refractivity contribution is -0.0374. The summed E-state index contributed by atoms with van der Waals surface area (Å²) in [4.78, 5) is 3.67. The summed E-state index contributed by atoms with van der Waals surface area (Å²) in [7, 11) is 0.973. The Kier molecular flexibility index (Phi) is 4.16. The second kappa shape index (κ2) is 4.99. The van der Waals surface area contributed by atoms with Crippen LogP contribution in [0.25, 0.3) is 0 Å². The average molecular weight is 236 g/mol. The maximum atomic E-state index is 11.8. The molecular weight excluding hydrogens is 219 g/mol. The average Bonchev–Trinajstić information content (AvgIpc) is 2.60. The Morgan fingerprint density at radius 1 is 1.33 bits per heavy atom. The van der Waals surface area contributed by atoms with Gasteiger partial charge in [0.15, 0.2) is 0 Å². The van der Waals surface area contributed by atoms with Gasteiger partial charge < -0.3 is 9.80 Å². The first-order valence-electron chi connectivity index (χ1n) is 4.62. The van der Waals surface area contributed by atoms with Crippen LogP contribution in [0.1, 0.15) is 6.92 Å². The van der Waals surface area contributed by atoms with Crippen LogP contribution in [0.3, 0.4) is 0 Å². The summed E-state index contributed by atoms with van der Waals surface area (Å²) in [6, 6.07) is 0. The molecule has 0 aromatic heterocycles. The van der Waals surface area contributed by atoms with Crippen LogP contribution in [-0.2, 0) is 18.1 Å². The fourth-order valence-electron chi connectivity index (χ4n) is 1.24. The molecule has 7 heteroatoms. The summed E-state index contributed by atoms with van der Waals surface area (Å²) in [5.41, 5.74) is 0. The fourth-order valence-corrected chi connectivity index (χ4v) is 2.07. The molecule has 0 spiro atoms. The van der Waals surface area contributed by atoms with Crippen molar-refractivity contribution in [2.45, 2.75) is 13.3 Å². The van der Waals surface area contributed by atoms with E-state index < -0.39 is 14.2 Å². The van der Waals surface area contributed by atoms with Crippen LogP contribution in [0, 0.1) is 0 Å². The van der Waals surface area contributed by atoms with Gasteiger partial charge >= 0.3 is 7.82 Å². The van der Waals surface area contributed by atoms with Crippen molar-refractivity contribution in [3.05, 3.63) is 12.4 Å². The lowest BCUT2D eigenvalue weighted by Gasteiger charge is -2.30. The van der Waals surface area contributed by atoms with Gasteiger partial charge in [-0.2, -0.15) is 0 Å². The van der Waals surface area contributed by atoms with Crippen molar-refractivity contribution in [1.29, 1.82) is 0 Å². The van der Waals surface area contributed by atoms with Crippen LogP contribution in [0.5, 0.6) is 0 Å². The zero-order valence-electron chi connectivity index (χ0n) is 9.41. The van der Waals surface area contributed by atoms with Gasteiger partial charge in [-0.25, -0.2) is 9.09 Å². The molecule has 1 unspecified atom stereocenters. The van der Waals surface area contributed by atoms with Crippen molar-refractivity contribution in [3.8, 4) is 0 Å².